The van der Waals surface area contributed by atoms with Crippen LogP contribution in [0.25, 0.3) is 10.8 Å². The topological polar surface area (TPSA) is 35.5 Å². The Hall–Kier alpha value is -2.03. The molecule has 0 atom stereocenters. The molecule has 0 aromatic heterocycles. The Morgan fingerprint density at radius 3 is 2.62 bits per heavy atom. The van der Waals surface area contributed by atoms with Gasteiger partial charge in [0.1, 0.15) is 0 Å². The van der Waals surface area contributed by atoms with Crippen LogP contribution in [0, 0.1) is 0 Å². The van der Waals surface area contributed by atoms with Crippen LogP contribution in [0.1, 0.15) is 13.3 Å². The van der Waals surface area contributed by atoms with Gasteiger partial charge in [0, 0.05) is 6.42 Å². The second kappa shape index (κ2) is 4.66. The molecule has 0 spiro atoms. The fourth-order valence-corrected chi connectivity index (χ4v) is 1.37. The van der Waals surface area contributed by atoms with Crippen molar-refractivity contribution in [2.75, 3.05) is 0 Å². The number of rotatable bonds is 3. The zero-order valence-electron chi connectivity index (χ0n) is 8.97. The lowest BCUT2D eigenvalue weighted by Crippen LogP contribution is -2.05. The Balaban J connectivity index is 2.16. The van der Waals surface area contributed by atoms with Gasteiger partial charge in [0.2, 0.25) is 0 Å². The Morgan fingerprint density at radius 1 is 1.12 bits per heavy atom. The quantitative estimate of drug-likeness (QED) is 0.584. The molecule has 0 radical (unpaired) electrons. The van der Waals surface area contributed by atoms with Gasteiger partial charge in [-0.05, 0) is 22.9 Å². The van der Waals surface area contributed by atoms with Crippen molar-refractivity contribution in [2.45, 2.75) is 13.3 Å². The first-order chi connectivity index (χ1) is 7.79. The van der Waals surface area contributed by atoms with Gasteiger partial charge in [0.05, 0.1) is 0 Å². The van der Waals surface area contributed by atoms with E-state index in [1.165, 1.54) is 0 Å². The largest absolute Gasteiger partial charge is 0.355 e. The zero-order valence-corrected chi connectivity index (χ0v) is 8.97. The van der Waals surface area contributed by atoms with E-state index in [1.807, 2.05) is 36.4 Å². The summed E-state index contributed by atoms with van der Waals surface area (Å²) < 4.78 is 0. The molecule has 0 aliphatic heterocycles. The Morgan fingerprint density at radius 2 is 1.88 bits per heavy atom. The molecule has 0 aliphatic rings. The van der Waals surface area contributed by atoms with Gasteiger partial charge in [0.25, 0.3) is 0 Å². The SMILES string of the molecule is CCC(=O)OOc1ccc2ccccc2c1. The van der Waals surface area contributed by atoms with Crippen LogP contribution in [-0.4, -0.2) is 5.97 Å². The van der Waals surface area contributed by atoms with Crippen molar-refractivity contribution in [3.63, 3.8) is 0 Å². The summed E-state index contributed by atoms with van der Waals surface area (Å²) in [6, 6.07) is 13.4. The summed E-state index contributed by atoms with van der Waals surface area (Å²) in [4.78, 5) is 20.4. The molecule has 0 amide bonds. The van der Waals surface area contributed by atoms with E-state index >= 15 is 0 Å². The third kappa shape index (κ3) is 2.31. The summed E-state index contributed by atoms with van der Waals surface area (Å²) in [5, 5.41) is 2.17. The lowest BCUT2D eigenvalue weighted by molar-refractivity contribution is -0.213. The summed E-state index contributed by atoms with van der Waals surface area (Å²) in [6.07, 6.45) is 0.299. The summed E-state index contributed by atoms with van der Waals surface area (Å²) >= 11 is 0. The van der Waals surface area contributed by atoms with Crippen LogP contribution in [0.4, 0.5) is 0 Å². The number of hydrogen-bond donors (Lipinski definition) is 0. The second-order valence-electron chi connectivity index (χ2n) is 3.40. The molecule has 0 fully saturated rings. The van der Waals surface area contributed by atoms with Crippen molar-refractivity contribution in [2.24, 2.45) is 0 Å². The third-order valence-electron chi connectivity index (χ3n) is 2.24. The highest BCUT2D eigenvalue weighted by Crippen LogP contribution is 2.20. The van der Waals surface area contributed by atoms with Gasteiger partial charge in [-0.1, -0.05) is 37.3 Å². The minimum atomic E-state index is -0.381. The smallest absolute Gasteiger partial charge is 0.287 e. The number of benzene rings is 2. The molecule has 2 aromatic carbocycles. The molecule has 0 N–H and O–H groups in total. The first-order valence-corrected chi connectivity index (χ1v) is 5.16. The average molecular weight is 216 g/mol. The molecular weight excluding hydrogens is 204 g/mol. The summed E-state index contributed by atoms with van der Waals surface area (Å²) in [6.45, 7) is 1.71. The van der Waals surface area contributed by atoms with E-state index < -0.39 is 0 Å². The van der Waals surface area contributed by atoms with Gasteiger partial charge in [0.15, 0.2) is 5.75 Å². The first kappa shape index (κ1) is 10.5. The third-order valence-corrected chi connectivity index (χ3v) is 2.24. The van der Waals surface area contributed by atoms with Crippen LogP contribution in [0.15, 0.2) is 42.5 Å². The summed E-state index contributed by atoms with van der Waals surface area (Å²) in [7, 11) is 0. The van der Waals surface area contributed by atoms with E-state index in [4.69, 9.17) is 4.89 Å². The molecule has 3 heteroatoms. The average Bonchev–Trinajstić information content (AvgIpc) is 2.35. The van der Waals surface area contributed by atoms with Crippen LogP contribution < -0.4 is 4.89 Å². The fraction of sp³-hybridized carbons (Fsp3) is 0.154. The predicted octanol–water partition coefficient (Wildman–Crippen LogP) is 3.09. The van der Waals surface area contributed by atoms with Gasteiger partial charge in [-0.15, -0.1) is 0 Å². The minimum Gasteiger partial charge on any atom is -0.287 e. The van der Waals surface area contributed by atoms with Crippen LogP contribution in [0.5, 0.6) is 5.75 Å². The molecule has 2 aromatic rings. The van der Waals surface area contributed by atoms with Crippen LogP contribution in [-0.2, 0) is 9.68 Å². The van der Waals surface area contributed by atoms with Crippen molar-refractivity contribution >= 4 is 16.7 Å². The predicted molar refractivity (Wildman–Crippen MR) is 61.0 cm³/mol. The normalized spacial score (nSPS) is 10.1. The number of carbonyl (C=O) groups excluding carboxylic acids is 1. The van der Waals surface area contributed by atoms with Crippen molar-refractivity contribution in [1.29, 1.82) is 0 Å². The second-order valence-corrected chi connectivity index (χ2v) is 3.40. The van der Waals surface area contributed by atoms with Gasteiger partial charge in [-0.3, -0.25) is 9.78 Å². The van der Waals surface area contributed by atoms with Crippen molar-refractivity contribution in [3.05, 3.63) is 42.5 Å². The summed E-state index contributed by atoms with van der Waals surface area (Å²) in [5.41, 5.74) is 0. The van der Waals surface area contributed by atoms with Gasteiger partial charge < -0.3 is 0 Å². The van der Waals surface area contributed by atoms with E-state index in [9.17, 15) is 4.79 Å². The van der Waals surface area contributed by atoms with Gasteiger partial charge in [-0.25, -0.2) is 4.79 Å². The van der Waals surface area contributed by atoms with Gasteiger partial charge >= 0.3 is 5.97 Å². The monoisotopic (exact) mass is 216 g/mol. The van der Waals surface area contributed by atoms with E-state index in [1.54, 1.807) is 13.0 Å². The molecule has 0 bridgehead atoms. The van der Waals surface area contributed by atoms with Gasteiger partial charge in [-0.2, -0.15) is 0 Å². The van der Waals surface area contributed by atoms with Crippen molar-refractivity contribution in [3.8, 4) is 5.75 Å². The zero-order chi connectivity index (χ0) is 11.4. The van der Waals surface area contributed by atoms with Crippen molar-refractivity contribution in [1.82, 2.24) is 0 Å². The first-order valence-electron chi connectivity index (χ1n) is 5.16. The Kier molecular flexibility index (Phi) is 3.05. The van der Waals surface area contributed by atoms with Crippen LogP contribution in [0.3, 0.4) is 0 Å². The maximum Gasteiger partial charge on any atom is 0.355 e. The lowest BCUT2D eigenvalue weighted by Gasteiger charge is -2.04. The molecule has 0 unspecified atom stereocenters. The molecule has 0 saturated heterocycles. The highest BCUT2D eigenvalue weighted by Gasteiger charge is 2.02. The minimum absolute atomic E-state index is 0.299. The molecule has 0 saturated carbocycles. The molecule has 3 nitrogen and oxygen atoms in total. The number of fused-ring (bicyclic) bond motifs is 1. The van der Waals surface area contributed by atoms with E-state index in [-0.39, 0.29) is 5.97 Å². The maximum atomic E-state index is 10.9. The Bertz CT molecular complexity index is 505. The molecule has 0 heterocycles. The van der Waals surface area contributed by atoms with E-state index in [0.29, 0.717) is 12.2 Å². The molecule has 0 aliphatic carbocycles. The van der Waals surface area contributed by atoms with Crippen molar-refractivity contribution < 1.29 is 14.6 Å². The summed E-state index contributed by atoms with van der Waals surface area (Å²) in [5.74, 6) is 0.147. The maximum absolute atomic E-state index is 10.9. The highest BCUT2D eigenvalue weighted by atomic mass is 17.2. The Labute approximate surface area is 93.5 Å². The van der Waals surface area contributed by atoms with E-state index in [2.05, 4.69) is 4.89 Å². The highest BCUT2D eigenvalue weighted by molar-refractivity contribution is 5.83. The lowest BCUT2D eigenvalue weighted by atomic mass is 10.1. The van der Waals surface area contributed by atoms with E-state index in [0.717, 1.165) is 10.8 Å². The fourth-order valence-electron chi connectivity index (χ4n) is 1.37. The molecular formula is C13H12O3. The molecule has 82 valence electrons. The van der Waals surface area contributed by atoms with Crippen LogP contribution in [0.2, 0.25) is 0 Å². The standard InChI is InChI=1S/C13H12O3/c1-2-13(14)16-15-12-8-7-10-5-3-4-6-11(10)9-12/h3-9H,2H2,1H3. The molecule has 16 heavy (non-hydrogen) atoms. The van der Waals surface area contributed by atoms with Crippen LogP contribution >= 0.6 is 0 Å². The number of carbonyl (C=O) groups is 1. The molecule has 2 rings (SSSR count). The number of hydrogen-bond acceptors (Lipinski definition) is 3.